The Morgan fingerprint density at radius 2 is 1.75 bits per heavy atom. The molecule has 1 aromatic heterocycles. The van der Waals surface area contributed by atoms with Crippen LogP contribution in [0.3, 0.4) is 0 Å². The molecule has 0 fully saturated rings. The smallest absolute Gasteiger partial charge is 0.134 e. The molecule has 0 saturated carbocycles. The van der Waals surface area contributed by atoms with Gasteiger partial charge in [-0.1, -0.05) is 34.1 Å². The fraction of sp³-hybridized carbons (Fsp3) is 0.750. The Kier molecular flexibility index (Phi) is 7.34. The molecule has 1 rings (SSSR count). The van der Waals surface area contributed by atoms with Gasteiger partial charge in [-0.3, -0.25) is 0 Å². The maximum absolute atomic E-state index is 4.45. The monoisotopic (exact) mass is 278 g/mol. The Bertz CT molecular complexity index is 390. The molecule has 0 bridgehead atoms. The molecule has 4 nitrogen and oxygen atoms in total. The highest BCUT2D eigenvalue weighted by molar-refractivity contribution is 5.57. The normalized spacial score (nSPS) is 12.5. The van der Waals surface area contributed by atoms with Crippen LogP contribution in [-0.2, 0) is 6.42 Å². The number of hydrogen-bond acceptors (Lipinski definition) is 4. The van der Waals surface area contributed by atoms with Crippen LogP contribution < -0.4 is 10.6 Å². The fourth-order valence-electron chi connectivity index (χ4n) is 2.42. The number of anilines is 2. The van der Waals surface area contributed by atoms with Crippen molar-refractivity contribution in [2.24, 2.45) is 5.92 Å². The first-order valence-corrected chi connectivity index (χ1v) is 7.92. The van der Waals surface area contributed by atoms with Crippen molar-refractivity contribution in [2.45, 2.75) is 66.3 Å². The summed E-state index contributed by atoms with van der Waals surface area (Å²) in [6, 6.07) is 0.430. The quantitative estimate of drug-likeness (QED) is 0.714. The van der Waals surface area contributed by atoms with E-state index in [1.165, 1.54) is 5.56 Å². The van der Waals surface area contributed by atoms with Crippen LogP contribution in [0, 0.1) is 5.92 Å². The third-order valence-corrected chi connectivity index (χ3v) is 3.20. The molecule has 0 aromatic carbocycles. The Morgan fingerprint density at radius 3 is 2.35 bits per heavy atom. The van der Waals surface area contributed by atoms with Gasteiger partial charge in [0.1, 0.15) is 18.0 Å². The highest BCUT2D eigenvalue weighted by atomic mass is 15.1. The van der Waals surface area contributed by atoms with Crippen molar-refractivity contribution in [3.8, 4) is 0 Å². The lowest BCUT2D eigenvalue weighted by Crippen LogP contribution is -2.20. The van der Waals surface area contributed by atoms with E-state index >= 15 is 0 Å². The first kappa shape index (κ1) is 16.7. The van der Waals surface area contributed by atoms with Crippen LogP contribution in [0.4, 0.5) is 11.6 Å². The zero-order valence-electron chi connectivity index (χ0n) is 13.7. The number of hydrogen-bond donors (Lipinski definition) is 2. The summed E-state index contributed by atoms with van der Waals surface area (Å²) in [4.78, 5) is 8.85. The Labute approximate surface area is 123 Å². The number of aromatic nitrogens is 2. The molecule has 0 saturated heterocycles. The van der Waals surface area contributed by atoms with Crippen molar-refractivity contribution in [3.05, 3.63) is 11.9 Å². The summed E-state index contributed by atoms with van der Waals surface area (Å²) in [5.41, 5.74) is 1.22. The van der Waals surface area contributed by atoms with E-state index in [2.05, 4.69) is 55.2 Å². The lowest BCUT2D eigenvalue weighted by molar-refractivity contribution is 0.538. The first-order chi connectivity index (χ1) is 9.58. The molecule has 1 unspecified atom stereocenters. The van der Waals surface area contributed by atoms with E-state index in [1.54, 1.807) is 6.33 Å². The second-order valence-electron chi connectivity index (χ2n) is 5.90. The maximum Gasteiger partial charge on any atom is 0.134 e. The summed E-state index contributed by atoms with van der Waals surface area (Å²) in [7, 11) is 0. The molecule has 114 valence electrons. The average Bonchev–Trinajstić information content (AvgIpc) is 2.38. The predicted molar refractivity (Wildman–Crippen MR) is 87.3 cm³/mol. The molecule has 0 spiro atoms. The van der Waals surface area contributed by atoms with Gasteiger partial charge in [-0.2, -0.15) is 0 Å². The van der Waals surface area contributed by atoms with E-state index in [9.17, 15) is 0 Å². The Morgan fingerprint density at radius 1 is 1.05 bits per heavy atom. The molecule has 0 amide bonds. The van der Waals surface area contributed by atoms with Crippen molar-refractivity contribution in [2.75, 3.05) is 17.2 Å². The molecule has 0 aliphatic rings. The van der Waals surface area contributed by atoms with Gasteiger partial charge in [0.2, 0.25) is 0 Å². The summed E-state index contributed by atoms with van der Waals surface area (Å²) in [5.74, 6) is 2.67. The molecule has 0 aliphatic carbocycles. The van der Waals surface area contributed by atoms with Gasteiger partial charge in [-0.25, -0.2) is 9.97 Å². The van der Waals surface area contributed by atoms with Crippen LogP contribution in [-0.4, -0.2) is 22.6 Å². The minimum absolute atomic E-state index is 0.430. The highest BCUT2D eigenvalue weighted by Crippen LogP contribution is 2.23. The van der Waals surface area contributed by atoms with E-state index < -0.39 is 0 Å². The van der Waals surface area contributed by atoms with Gasteiger partial charge in [-0.05, 0) is 32.1 Å². The van der Waals surface area contributed by atoms with E-state index in [4.69, 9.17) is 0 Å². The summed E-state index contributed by atoms with van der Waals surface area (Å²) in [5, 5.41) is 6.96. The number of nitrogens with zero attached hydrogens (tertiary/aromatic N) is 2. The second-order valence-corrected chi connectivity index (χ2v) is 5.90. The zero-order valence-corrected chi connectivity index (χ0v) is 13.7. The van der Waals surface area contributed by atoms with Gasteiger partial charge in [-0.15, -0.1) is 0 Å². The lowest BCUT2D eigenvalue weighted by Gasteiger charge is -2.20. The lowest BCUT2D eigenvalue weighted by atomic mass is 10.0. The molecule has 1 heterocycles. The van der Waals surface area contributed by atoms with E-state index in [0.717, 1.165) is 43.9 Å². The molecule has 20 heavy (non-hydrogen) atoms. The molecule has 4 heteroatoms. The standard InChI is InChI=1S/C16H30N4/c1-6-8-14-15(17-9-7-2)18-11-19-16(14)20-13(5)10-12(3)4/h11-13H,6-10H2,1-5H3,(H2,17,18,19,20). The van der Waals surface area contributed by atoms with Crippen LogP contribution in [0.15, 0.2) is 6.33 Å². The summed E-state index contributed by atoms with van der Waals surface area (Å²) >= 11 is 0. The predicted octanol–water partition coefficient (Wildman–Crippen LogP) is 4.10. The summed E-state index contributed by atoms with van der Waals surface area (Å²) < 4.78 is 0. The summed E-state index contributed by atoms with van der Waals surface area (Å²) in [6.45, 7) is 12.0. The highest BCUT2D eigenvalue weighted by Gasteiger charge is 2.13. The Hall–Kier alpha value is -1.32. The molecular formula is C16H30N4. The van der Waals surface area contributed by atoms with Gasteiger partial charge >= 0.3 is 0 Å². The Balaban J connectivity index is 2.87. The third-order valence-electron chi connectivity index (χ3n) is 3.20. The van der Waals surface area contributed by atoms with E-state index in [-0.39, 0.29) is 0 Å². The minimum atomic E-state index is 0.430. The van der Waals surface area contributed by atoms with Gasteiger partial charge in [0, 0.05) is 18.2 Å². The van der Waals surface area contributed by atoms with Crippen LogP contribution in [0.5, 0.6) is 0 Å². The van der Waals surface area contributed by atoms with Crippen molar-refractivity contribution in [1.29, 1.82) is 0 Å². The number of nitrogens with one attached hydrogen (secondary N) is 2. The molecule has 1 aromatic rings. The topological polar surface area (TPSA) is 49.8 Å². The second kappa shape index (κ2) is 8.77. The van der Waals surface area contributed by atoms with Gasteiger partial charge in [0.05, 0.1) is 0 Å². The molecular weight excluding hydrogens is 248 g/mol. The largest absolute Gasteiger partial charge is 0.370 e. The van der Waals surface area contributed by atoms with Crippen molar-refractivity contribution in [3.63, 3.8) is 0 Å². The zero-order chi connectivity index (χ0) is 15.0. The average molecular weight is 278 g/mol. The summed E-state index contributed by atoms with van der Waals surface area (Å²) in [6.07, 6.45) is 6.00. The first-order valence-electron chi connectivity index (χ1n) is 7.92. The third kappa shape index (κ3) is 5.35. The van der Waals surface area contributed by atoms with Crippen molar-refractivity contribution < 1.29 is 0 Å². The SMILES string of the molecule is CCCNc1ncnc(NC(C)CC(C)C)c1CCC. The van der Waals surface area contributed by atoms with E-state index in [1.807, 2.05) is 0 Å². The number of rotatable bonds is 9. The molecule has 0 radical (unpaired) electrons. The van der Waals surface area contributed by atoms with Crippen LogP contribution in [0.2, 0.25) is 0 Å². The van der Waals surface area contributed by atoms with Gasteiger partial charge in [0.25, 0.3) is 0 Å². The molecule has 1 atom stereocenters. The van der Waals surface area contributed by atoms with Crippen LogP contribution in [0.1, 0.15) is 59.4 Å². The fourth-order valence-corrected chi connectivity index (χ4v) is 2.42. The van der Waals surface area contributed by atoms with Crippen LogP contribution >= 0.6 is 0 Å². The minimum Gasteiger partial charge on any atom is -0.370 e. The van der Waals surface area contributed by atoms with E-state index in [0.29, 0.717) is 12.0 Å². The van der Waals surface area contributed by atoms with Gasteiger partial charge in [0.15, 0.2) is 0 Å². The van der Waals surface area contributed by atoms with Gasteiger partial charge < -0.3 is 10.6 Å². The molecule has 2 N–H and O–H groups in total. The van der Waals surface area contributed by atoms with Crippen LogP contribution in [0.25, 0.3) is 0 Å². The maximum atomic E-state index is 4.45. The molecule has 0 aliphatic heterocycles. The van der Waals surface area contributed by atoms with Crippen molar-refractivity contribution in [1.82, 2.24) is 9.97 Å². The van der Waals surface area contributed by atoms with Crippen molar-refractivity contribution >= 4 is 11.6 Å².